The molecule has 2 rings (SSSR count). The number of hydrogen-bond donors (Lipinski definition) is 0. The highest BCUT2D eigenvalue weighted by Crippen LogP contribution is 2.27. The maximum absolute atomic E-state index is 13.6. The number of oxime groups is 1. The molecule has 0 N–H and O–H groups in total. The van der Waals surface area contributed by atoms with Gasteiger partial charge in [-0.05, 0) is 37.3 Å². The summed E-state index contributed by atoms with van der Waals surface area (Å²) in [5.41, 5.74) is -0.0424. The third-order valence-electron chi connectivity index (χ3n) is 2.78. The lowest BCUT2D eigenvalue weighted by Crippen LogP contribution is -2.11. The first kappa shape index (κ1) is 18.5. The van der Waals surface area contributed by atoms with Crippen LogP contribution >= 0.6 is 34.8 Å². The Bertz CT molecular complexity index is 776. The van der Waals surface area contributed by atoms with E-state index in [1.165, 1.54) is 18.2 Å². The summed E-state index contributed by atoms with van der Waals surface area (Å²) in [6, 6.07) is 8.62. The summed E-state index contributed by atoms with van der Waals surface area (Å²) < 4.78 is 19.0. The van der Waals surface area contributed by atoms with E-state index in [9.17, 15) is 9.18 Å². The summed E-state index contributed by atoms with van der Waals surface area (Å²) >= 11 is 17.5. The molecule has 0 saturated carbocycles. The minimum absolute atomic E-state index is 0.0135. The van der Waals surface area contributed by atoms with Gasteiger partial charge in [0, 0.05) is 5.02 Å². The van der Waals surface area contributed by atoms with Gasteiger partial charge in [-0.25, -0.2) is 9.18 Å². The van der Waals surface area contributed by atoms with Crippen LogP contribution in [0, 0.1) is 5.82 Å². The van der Waals surface area contributed by atoms with Crippen LogP contribution in [0.25, 0.3) is 0 Å². The second-order valence-electron chi connectivity index (χ2n) is 4.67. The molecule has 2 aromatic carbocycles. The van der Waals surface area contributed by atoms with Gasteiger partial charge >= 0.3 is 5.97 Å². The Morgan fingerprint density at radius 2 is 1.92 bits per heavy atom. The molecule has 0 aromatic heterocycles. The molecule has 0 aliphatic rings. The van der Waals surface area contributed by atoms with E-state index < -0.39 is 11.8 Å². The molecule has 0 aliphatic heterocycles. The number of rotatable bonds is 5. The van der Waals surface area contributed by atoms with E-state index in [4.69, 9.17) is 39.5 Å². The second-order valence-corrected chi connectivity index (χ2v) is 5.92. The summed E-state index contributed by atoms with van der Waals surface area (Å²) in [7, 11) is 0. The molecular formula is C16H11Cl3FNO3. The van der Waals surface area contributed by atoms with Gasteiger partial charge in [0.05, 0.1) is 15.8 Å². The van der Waals surface area contributed by atoms with Gasteiger partial charge in [0.25, 0.3) is 0 Å². The molecule has 126 valence electrons. The Hall–Kier alpha value is -1.82. The summed E-state index contributed by atoms with van der Waals surface area (Å²) in [4.78, 5) is 16.5. The number of carbonyl (C=O) groups is 1. The van der Waals surface area contributed by atoms with Crippen LogP contribution in [-0.2, 0) is 4.84 Å². The fourth-order valence-electron chi connectivity index (χ4n) is 1.66. The van der Waals surface area contributed by atoms with Crippen LogP contribution in [0.15, 0.2) is 41.6 Å². The first-order chi connectivity index (χ1) is 11.4. The maximum atomic E-state index is 13.6. The smallest absolute Gasteiger partial charge is 0.370 e. The van der Waals surface area contributed by atoms with Crippen LogP contribution < -0.4 is 4.74 Å². The minimum atomic E-state index is -0.998. The highest BCUT2D eigenvalue weighted by Gasteiger charge is 2.17. The van der Waals surface area contributed by atoms with Crippen LogP contribution in [0.3, 0.4) is 0 Å². The van der Waals surface area contributed by atoms with Crippen molar-refractivity contribution < 1.29 is 18.8 Å². The quantitative estimate of drug-likeness (QED) is 0.390. The second kappa shape index (κ2) is 8.33. The average molecular weight is 391 g/mol. The van der Waals surface area contributed by atoms with Crippen LogP contribution in [-0.4, -0.2) is 18.3 Å². The number of nitrogens with zero attached hydrogens (tertiary/aromatic N) is 1. The Labute approximate surface area is 152 Å². The Morgan fingerprint density at radius 1 is 1.17 bits per heavy atom. The Morgan fingerprint density at radius 3 is 2.58 bits per heavy atom. The Kier molecular flexibility index (Phi) is 6.43. The van der Waals surface area contributed by atoms with E-state index in [0.29, 0.717) is 21.5 Å². The van der Waals surface area contributed by atoms with Gasteiger partial charge in [-0.1, -0.05) is 46.0 Å². The summed E-state index contributed by atoms with van der Waals surface area (Å²) in [5, 5.41) is 4.35. The number of ether oxygens (including phenoxy) is 1. The van der Waals surface area contributed by atoms with Crippen molar-refractivity contribution in [1.82, 2.24) is 0 Å². The van der Waals surface area contributed by atoms with E-state index in [2.05, 4.69) is 9.99 Å². The van der Waals surface area contributed by atoms with Crippen LogP contribution in [0.5, 0.6) is 5.75 Å². The largest absolute Gasteiger partial charge is 0.486 e. The van der Waals surface area contributed by atoms with E-state index in [1.807, 2.05) is 0 Å². The lowest BCUT2D eigenvalue weighted by molar-refractivity contribution is 0.0508. The number of halogens is 4. The van der Waals surface area contributed by atoms with Crippen molar-refractivity contribution in [3.8, 4) is 5.75 Å². The molecule has 0 bridgehead atoms. The molecule has 0 unspecified atom stereocenters. The van der Waals surface area contributed by atoms with Crippen molar-refractivity contribution in [3.05, 3.63) is 62.8 Å². The van der Waals surface area contributed by atoms with Crippen molar-refractivity contribution in [2.75, 3.05) is 6.61 Å². The number of carbonyl (C=O) groups excluding carboxylic acids is 1. The molecule has 0 aliphatic carbocycles. The molecule has 2 aromatic rings. The third kappa shape index (κ3) is 4.84. The molecule has 0 saturated heterocycles. The van der Waals surface area contributed by atoms with E-state index in [1.54, 1.807) is 19.1 Å². The highest BCUT2D eigenvalue weighted by molar-refractivity contribution is 6.35. The lowest BCUT2D eigenvalue weighted by atomic mass is 10.2. The topological polar surface area (TPSA) is 47.9 Å². The van der Waals surface area contributed by atoms with Gasteiger partial charge in [0.2, 0.25) is 0 Å². The molecule has 0 atom stereocenters. The summed E-state index contributed by atoms with van der Waals surface area (Å²) in [6.07, 6.45) is 0. The molecule has 0 amide bonds. The molecule has 0 spiro atoms. The van der Waals surface area contributed by atoms with Gasteiger partial charge in [-0.3, -0.25) is 0 Å². The average Bonchev–Trinajstić information content (AvgIpc) is 2.52. The van der Waals surface area contributed by atoms with Crippen molar-refractivity contribution in [2.24, 2.45) is 5.16 Å². The van der Waals surface area contributed by atoms with Crippen LogP contribution in [0.1, 0.15) is 17.3 Å². The van der Waals surface area contributed by atoms with E-state index in [0.717, 1.165) is 6.07 Å². The SMILES string of the molecule is CC(COc1ccc(Cl)cc1Cl)=NOC(=O)c1c(F)cccc1Cl. The zero-order valence-corrected chi connectivity index (χ0v) is 14.6. The molecular weight excluding hydrogens is 380 g/mol. The van der Waals surface area contributed by atoms with Crippen molar-refractivity contribution in [3.63, 3.8) is 0 Å². The first-order valence-electron chi connectivity index (χ1n) is 6.65. The normalized spacial score (nSPS) is 11.3. The molecule has 0 fully saturated rings. The predicted molar refractivity (Wildman–Crippen MR) is 91.9 cm³/mol. The molecule has 24 heavy (non-hydrogen) atoms. The zero-order valence-electron chi connectivity index (χ0n) is 12.4. The molecule has 8 heteroatoms. The number of hydrogen-bond acceptors (Lipinski definition) is 4. The van der Waals surface area contributed by atoms with Gasteiger partial charge in [-0.15, -0.1) is 0 Å². The Balaban J connectivity index is 1.97. The zero-order chi connectivity index (χ0) is 17.7. The predicted octanol–water partition coefficient (Wildman–Crippen LogP) is 5.40. The van der Waals surface area contributed by atoms with Crippen molar-refractivity contribution >= 4 is 46.5 Å². The molecule has 4 nitrogen and oxygen atoms in total. The lowest BCUT2D eigenvalue weighted by Gasteiger charge is -2.08. The monoisotopic (exact) mass is 389 g/mol. The van der Waals surface area contributed by atoms with E-state index >= 15 is 0 Å². The maximum Gasteiger partial charge on any atom is 0.370 e. The molecule has 0 heterocycles. The van der Waals surface area contributed by atoms with Gasteiger partial charge < -0.3 is 9.57 Å². The van der Waals surface area contributed by atoms with Crippen LogP contribution in [0.4, 0.5) is 4.39 Å². The minimum Gasteiger partial charge on any atom is -0.486 e. The number of benzene rings is 2. The van der Waals surface area contributed by atoms with Crippen molar-refractivity contribution in [1.29, 1.82) is 0 Å². The fraction of sp³-hybridized carbons (Fsp3) is 0.125. The van der Waals surface area contributed by atoms with Crippen molar-refractivity contribution in [2.45, 2.75) is 6.92 Å². The van der Waals surface area contributed by atoms with E-state index in [-0.39, 0.29) is 17.2 Å². The van der Waals surface area contributed by atoms with Gasteiger partial charge in [-0.2, -0.15) is 0 Å². The summed E-state index contributed by atoms with van der Waals surface area (Å²) in [5.74, 6) is -1.38. The first-order valence-corrected chi connectivity index (χ1v) is 7.78. The van der Waals surface area contributed by atoms with Gasteiger partial charge in [0.1, 0.15) is 23.7 Å². The van der Waals surface area contributed by atoms with Gasteiger partial charge in [0.15, 0.2) is 0 Å². The third-order valence-corrected chi connectivity index (χ3v) is 3.63. The standard InChI is InChI=1S/C16H11Cl3FNO3/c1-9(8-23-14-6-5-10(17)7-12(14)19)21-24-16(22)15-11(18)3-2-4-13(15)20/h2-7H,8H2,1H3. The molecule has 0 radical (unpaired) electrons. The van der Waals surface area contributed by atoms with Crippen LogP contribution in [0.2, 0.25) is 15.1 Å². The highest BCUT2D eigenvalue weighted by atomic mass is 35.5. The fourth-order valence-corrected chi connectivity index (χ4v) is 2.36. The summed E-state index contributed by atoms with van der Waals surface area (Å²) in [6.45, 7) is 1.58.